The lowest BCUT2D eigenvalue weighted by atomic mass is 10.0. The highest BCUT2D eigenvalue weighted by atomic mass is 35.5. The van der Waals surface area contributed by atoms with Gasteiger partial charge in [0.25, 0.3) is 0 Å². The Kier molecular flexibility index (Phi) is 8.40. The number of nitrogen functional groups attached to an aromatic ring is 1. The summed E-state index contributed by atoms with van der Waals surface area (Å²) >= 11 is 0. The normalized spacial score (nSPS) is 14.1. The molecule has 2 aromatic carbocycles. The average Bonchev–Trinajstić information content (AvgIpc) is 2.88. The highest BCUT2D eigenvalue weighted by Crippen LogP contribution is 2.37. The Hall–Kier alpha value is -3.81. The van der Waals surface area contributed by atoms with Crippen molar-refractivity contribution in [1.82, 2.24) is 14.9 Å². The van der Waals surface area contributed by atoms with Crippen molar-refractivity contribution in [2.24, 2.45) is 5.73 Å². The van der Waals surface area contributed by atoms with Crippen LogP contribution >= 0.6 is 12.4 Å². The summed E-state index contributed by atoms with van der Waals surface area (Å²) in [5.74, 6) is 2.42. The molecule has 190 valence electrons. The number of amides is 1. The first-order valence-corrected chi connectivity index (χ1v) is 11.1. The van der Waals surface area contributed by atoms with E-state index in [4.69, 9.17) is 27.4 Å². The van der Waals surface area contributed by atoms with Gasteiger partial charge in [0.1, 0.15) is 11.3 Å². The molecule has 1 aromatic heterocycles. The molecule has 0 radical (unpaired) electrons. The molecule has 1 aliphatic heterocycles. The number of fused-ring (bicyclic) bond motifs is 1. The van der Waals surface area contributed by atoms with Crippen LogP contribution in [0, 0.1) is 18.2 Å². The predicted octanol–water partition coefficient (Wildman–Crippen LogP) is 2.51. The first-order chi connectivity index (χ1) is 16.9. The minimum atomic E-state index is -0.671. The minimum Gasteiger partial charge on any atom is -0.493 e. The monoisotopic (exact) mass is 514 g/mol. The van der Waals surface area contributed by atoms with Crippen LogP contribution in [0.2, 0.25) is 0 Å². The van der Waals surface area contributed by atoms with Crippen molar-refractivity contribution in [1.29, 1.82) is 0 Å². The van der Waals surface area contributed by atoms with Gasteiger partial charge in [-0.15, -0.1) is 18.8 Å². The number of aromatic nitrogens is 2. The fraction of sp³-hybridized carbons (Fsp3) is 0.320. The quantitative estimate of drug-likeness (QED) is 0.481. The number of hydrogen-bond acceptors (Lipinski definition) is 8. The van der Waals surface area contributed by atoms with Crippen molar-refractivity contribution in [2.75, 3.05) is 51.0 Å². The molecule has 1 fully saturated rings. The van der Waals surface area contributed by atoms with E-state index in [1.165, 1.54) is 14.2 Å². The van der Waals surface area contributed by atoms with Crippen LogP contribution in [0.1, 0.15) is 23.6 Å². The SMILES string of the molecule is C#Cc1ccc([C@H](N)CC(=O)N2CCN(c3nc(N)c4cc(OC)c(OC)c(F)c4n3)CC2)cc1.Cl. The second kappa shape index (κ2) is 11.3. The van der Waals surface area contributed by atoms with Gasteiger partial charge < -0.3 is 30.7 Å². The predicted molar refractivity (Wildman–Crippen MR) is 139 cm³/mol. The van der Waals surface area contributed by atoms with Crippen LogP contribution in [-0.4, -0.2) is 61.2 Å². The van der Waals surface area contributed by atoms with E-state index < -0.39 is 11.9 Å². The topological polar surface area (TPSA) is 120 Å². The molecule has 1 atom stereocenters. The Balaban J connectivity index is 0.00000361. The van der Waals surface area contributed by atoms with Crippen LogP contribution in [-0.2, 0) is 4.79 Å². The molecule has 0 unspecified atom stereocenters. The van der Waals surface area contributed by atoms with Crippen molar-refractivity contribution >= 4 is 41.0 Å². The first kappa shape index (κ1) is 26.8. The molecule has 1 saturated heterocycles. The summed E-state index contributed by atoms with van der Waals surface area (Å²) in [6, 6.07) is 8.43. The number of halogens is 2. The van der Waals surface area contributed by atoms with Gasteiger partial charge in [0, 0.05) is 49.6 Å². The van der Waals surface area contributed by atoms with Crippen LogP contribution in [0.5, 0.6) is 11.5 Å². The summed E-state index contributed by atoms with van der Waals surface area (Å²) in [7, 11) is 2.77. The van der Waals surface area contributed by atoms with Gasteiger partial charge in [0.05, 0.1) is 14.2 Å². The van der Waals surface area contributed by atoms with E-state index in [2.05, 4.69) is 15.9 Å². The van der Waals surface area contributed by atoms with E-state index in [9.17, 15) is 4.79 Å². The smallest absolute Gasteiger partial charge is 0.228 e. The third-order valence-electron chi connectivity index (χ3n) is 6.11. The maximum absolute atomic E-state index is 15.1. The van der Waals surface area contributed by atoms with Crippen molar-refractivity contribution in [3.63, 3.8) is 0 Å². The van der Waals surface area contributed by atoms with Crippen molar-refractivity contribution < 1.29 is 18.7 Å². The fourth-order valence-electron chi connectivity index (χ4n) is 4.10. The van der Waals surface area contributed by atoms with E-state index in [0.29, 0.717) is 37.5 Å². The second-order valence-corrected chi connectivity index (χ2v) is 8.18. The van der Waals surface area contributed by atoms with Gasteiger partial charge in [0.2, 0.25) is 11.9 Å². The Morgan fingerprint density at radius 2 is 1.83 bits per heavy atom. The van der Waals surface area contributed by atoms with Gasteiger partial charge in [-0.05, 0) is 23.8 Å². The number of benzene rings is 2. The molecule has 0 spiro atoms. The molecule has 1 amide bonds. The largest absolute Gasteiger partial charge is 0.493 e. The number of nitrogens with zero attached hydrogens (tertiary/aromatic N) is 4. The lowest BCUT2D eigenvalue weighted by molar-refractivity contribution is -0.131. The molecule has 2 heterocycles. The fourth-order valence-corrected chi connectivity index (χ4v) is 4.10. The number of carbonyl (C=O) groups excluding carboxylic acids is 1. The number of piperazine rings is 1. The Bertz CT molecular complexity index is 1290. The molecule has 3 aromatic rings. The van der Waals surface area contributed by atoms with Crippen LogP contribution in [0.15, 0.2) is 30.3 Å². The lowest BCUT2D eigenvalue weighted by Crippen LogP contribution is -2.49. The molecule has 0 saturated carbocycles. The number of hydrogen-bond donors (Lipinski definition) is 2. The second-order valence-electron chi connectivity index (χ2n) is 8.18. The average molecular weight is 515 g/mol. The maximum atomic E-state index is 15.1. The summed E-state index contributed by atoms with van der Waals surface area (Å²) in [6.45, 7) is 1.85. The Morgan fingerprint density at radius 1 is 1.17 bits per heavy atom. The molecule has 0 bridgehead atoms. The van der Waals surface area contributed by atoms with E-state index in [1.807, 2.05) is 29.2 Å². The van der Waals surface area contributed by atoms with Crippen LogP contribution < -0.4 is 25.8 Å². The van der Waals surface area contributed by atoms with E-state index in [-0.39, 0.29) is 47.6 Å². The zero-order chi connectivity index (χ0) is 25.1. The highest BCUT2D eigenvalue weighted by molar-refractivity contribution is 5.92. The van der Waals surface area contributed by atoms with Gasteiger partial charge >= 0.3 is 0 Å². The van der Waals surface area contributed by atoms with Crippen molar-refractivity contribution in [3.05, 3.63) is 47.3 Å². The van der Waals surface area contributed by atoms with Crippen LogP contribution in [0.4, 0.5) is 16.2 Å². The molecule has 9 nitrogen and oxygen atoms in total. The summed E-state index contributed by atoms with van der Waals surface area (Å²) in [6.07, 6.45) is 5.57. The number of terminal acetylenes is 1. The van der Waals surface area contributed by atoms with Crippen molar-refractivity contribution in [3.8, 4) is 23.8 Å². The Labute approximate surface area is 215 Å². The number of ether oxygens (including phenoxy) is 2. The summed E-state index contributed by atoms with van der Waals surface area (Å²) < 4.78 is 25.4. The van der Waals surface area contributed by atoms with Crippen molar-refractivity contribution in [2.45, 2.75) is 12.5 Å². The number of rotatable bonds is 6. The molecule has 4 rings (SSSR count). The molecule has 36 heavy (non-hydrogen) atoms. The number of anilines is 2. The summed E-state index contributed by atoms with van der Waals surface area (Å²) in [5.41, 5.74) is 14.0. The molecular formula is C25H28ClFN6O3. The van der Waals surface area contributed by atoms with E-state index in [1.54, 1.807) is 11.0 Å². The van der Waals surface area contributed by atoms with E-state index >= 15 is 4.39 Å². The van der Waals surface area contributed by atoms with Crippen LogP contribution in [0.25, 0.3) is 10.9 Å². The number of carbonyl (C=O) groups is 1. The first-order valence-electron chi connectivity index (χ1n) is 11.1. The summed E-state index contributed by atoms with van der Waals surface area (Å²) in [5, 5.41) is 0.335. The molecular weight excluding hydrogens is 487 g/mol. The minimum absolute atomic E-state index is 0. The van der Waals surface area contributed by atoms with Gasteiger partial charge in [0.15, 0.2) is 17.3 Å². The zero-order valence-corrected chi connectivity index (χ0v) is 20.8. The third-order valence-corrected chi connectivity index (χ3v) is 6.11. The van der Waals surface area contributed by atoms with Gasteiger partial charge in [-0.1, -0.05) is 18.1 Å². The Morgan fingerprint density at radius 3 is 2.42 bits per heavy atom. The molecule has 4 N–H and O–H groups in total. The van der Waals surface area contributed by atoms with Crippen LogP contribution in [0.3, 0.4) is 0 Å². The zero-order valence-electron chi connectivity index (χ0n) is 20.0. The molecule has 1 aliphatic rings. The van der Waals surface area contributed by atoms with Gasteiger partial charge in [-0.25, -0.2) is 9.37 Å². The molecule has 11 heteroatoms. The van der Waals surface area contributed by atoms with Gasteiger partial charge in [-0.2, -0.15) is 4.98 Å². The van der Waals surface area contributed by atoms with Gasteiger partial charge in [-0.3, -0.25) is 4.79 Å². The highest BCUT2D eigenvalue weighted by Gasteiger charge is 2.26. The lowest BCUT2D eigenvalue weighted by Gasteiger charge is -2.35. The number of methoxy groups -OCH3 is 2. The maximum Gasteiger partial charge on any atom is 0.228 e. The summed E-state index contributed by atoms with van der Waals surface area (Å²) in [4.78, 5) is 25.2. The third kappa shape index (κ3) is 5.22. The van der Waals surface area contributed by atoms with E-state index in [0.717, 1.165) is 11.1 Å². The standard InChI is InChI=1S/C25H27FN6O3.ClH/c1-4-15-5-7-16(8-6-15)18(27)14-20(33)31-9-11-32(12-10-31)25-29-22-17(24(28)30-25)13-19(34-2)23(35-3)21(22)26;/h1,5-8,13,18H,9-12,14,27H2,2-3H3,(H2,28,29,30);1H/t18-;/m1./s1. The molecule has 0 aliphatic carbocycles. The number of nitrogens with two attached hydrogens (primary N) is 2.